The van der Waals surface area contributed by atoms with Gasteiger partial charge in [-0.2, -0.15) is 0 Å². The lowest BCUT2D eigenvalue weighted by molar-refractivity contribution is -0.127. The van der Waals surface area contributed by atoms with Crippen LogP contribution in [0.2, 0.25) is 0 Å². The molecule has 1 amide bonds. The molecule has 3 nitrogen and oxygen atoms in total. The van der Waals surface area contributed by atoms with Crippen LogP contribution in [0, 0.1) is 21.8 Å². The lowest BCUT2D eigenvalue weighted by Gasteiger charge is -2.37. The highest BCUT2D eigenvalue weighted by Gasteiger charge is 2.39. The molecule has 1 fully saturated rings. The lowest BCUT2D eigenvalue weighted by Crippen LogP contribution is -2.44. The molecule has 0 aliphatic heterocycles. The molecule has 0 bridgehead atoms. The fourth-order valence-corrected chi connectivity index (χ4v) is 3.51. The van der Waals surface area contributed by atoms with E-state index in [9.17, 15) is 4.79 Å². The average molecular weight is 386 g/mol. The molecule has 3 N–H and O–H groups in total. The maximum Gasteiger partial charge on any atom is 0.231 e. The number of benzene rings is 1. The summed E-state index contributed by atoms with van der Waals surface area (Å²) in [5.41, 5.74) is 7.57. The minimum Gasteiger partial charge on any atom is -0.329 e. The Morgan fingerprint density at radius 1 is 1.45 bits per heavy atom. The number of anilines is 1. The summed E-state index contributed by atoms with van der Waals surface area (Å²) in [6.45, 7) is 4.71. The van der Waals surface area contributed by atoms with Gasteiger partial charge in [-0.1, -0.05) is 6.92 Å². The lowest BCUT2D eigenvalue weighted by atomic mass is 9.70. The molecule has 2 rings (SSSR count). The summed E-state index contributed by atoms with van der Waals surface area (Å²) in [5, 5.41) is 3.09. The smallest absolute Gasteiger partial charge is 0.231 e. The first-order valence-corrected chi connectivity index (χ1v) is 8.32. The molecule has 1 aliphatic rings. The van der Waals surface area contributed by atoms with Gasteiger partial charge in [0.05, 0.1) is 5.41 Å². The van der Waals surface area contributed by atoms with Gasteiger partial charge in [0.15, 0.2) is 0 Å². The third-order valence-corrected chi connectivity index (χ3v) is 5.21. The molecule has 0 atom stereocenters. The third kappa shape index (κ3) is 3.34. The van der Waals surface area contributed by atoms with E-state index in [0.29, 0.717) is 12.5 Å². The fraction of sp³-hybridized carbons (Fsp3) is 0.562. The summed E-state index contributed by atoms with van der Waals surface area (Å²) >= 11 is 2.28. The summed E-state index contributed by atoms with van der Waals surface area (Å²) in [6.07, 6.45) is 3.99. The number of aryl methyl sites for hydroxylation is 1. The van der Waals surface area contributed by atoms with Crippen LogP contribution in [0.5, 0.6) is 0 Å². The van der Waals surface area contributed by atoms with Gasteiger partial charge in [-0.05, 0) is 84.9 Å². The van der Waals surface area contributed by atoms with Crippen molar-refractivity contribution in [2.24, 2.45) is 17.1 Å². The van der Waals surface area contributed by atoms with Crippen molar-refractivity contribution in [1.29, 1.82) is 0 Å². The van der Waals surface area contributed by atoms with Crippen molar-refractivity contribution >= 4 is 34.2 Å². The Bertz CT molecular complexity index is 493. The second-order valence-electron chi connectivity index (χ2n) is 6.08. The quantitative estimate of drug-likeness (QED) is 0.779. The topological polar surface area (TPSA) is 55.1 Å². The molecule has 1 aliphatic carbocycles. The Morgan fingerprint density at radius 3 is 2.65 bits per heavy atom. The van der Waals surface area contributed by atoms with Crippen molar-refractivity contribution in [2.75, 3.05) is 11.9 Å². The molecule has 4 heteroatoms. The van der Waals surface area contributed by atoms with Crippen LogP contribution in [-0.2, 0) is 4.79 Å². The Labute approximate surface area is 134 Å². The molecule has 0 saturated heterocycles. The zero-order valence-electron chi connectivity index (χ0n) is 12.2. The SMILES string of the molecule is Cc1cc(I)ccc1NC(=O)C1(CN)CCC(C)CC1. The molecule has 20 heavy (non-hydrogen) atoms. The highest BCUT2D eigenvalue weighted by atomic mass is 127. The van der Waals surface area contributed by atoms with Crippen LogP contribution in [0.1, 0.15) is 38.2 Å². The zero-order valence-corrected chi connectivity index (χ0v) is 14.4. The van der Waals surface area contributed by atoms with Crippen LogP contribution in [0.25, 0.3) is 0 Å². The van der Waals surface area contributed by atoms with Crippen molar-refractivity contribution in [3.8, 4) is 0 Å². The Kier molecular flexibility index (Phi) is 5.07. The van der Waals surface area contributed by atoms with Crippen LogP contribution >= 0.6 is 22.6 Å². The van der Waals surface area contributed by atoms with Gasteiger partial charge in [0.1, 0.15) is 0 Å². The summed E-state index contributed by atoms with van der Waals surface area (Å²) < 4.78 is 1.18. The normalized spacial score (nSPS) is 26.3. The molecule has 0 spiro atoms. The highest BCUT2D eigenvalue weighted by molar-refractivity contribution is 14.1. The molecule has 1 aromatic carbocycles. The Balaban J connectivity index is 2.13. The number of hydrogen-bond acceptors (Lipinski definition) is 2. The van der Waals surface area contributed by atoms with E-state index in [1.54, 1.807) is 0 Å². The van der Waals surface area contributed by atoms with Crippen LogP contribution in [0.3, 0.4) is 0 Å². The standard InChI is InChI=1S/C16H23IN2O/c1-11-5-7-16(10-18,8-6-11)15(20)19-14-4-3-13(17)9-12(14)2/h3-4,9,11H,5-8,10,18H2,1-2H3,(H,19,20). The third-order valence-electron chi connectivity index (χ3n) is 4.54. The number of halogens is 1. The minimum absolute atomic E-state index is 0.0937. The van der Waals surface area contributed by atoms with E-state index in [4.69, 9.17) is 5.73 Å². The number of carbonyl (C=O) groups is 1. The van der Waals surface area contributed by atoms with Gasteiger partial charge >= 0.3 is 0 Å². The minimum atomic E-state index is -0.373. The second kappa shape index (κ2) is 6.43. The largest absolute Gasteiger partial charge is 0.329 e. The molecule has 0 unspecified atom stereocenters. The summed E-state index contributed by atoms with van der Waals surface area (Å²) in [7, 11) is 0. The molecular formula is C16H23IN2O. The van der Waals surface area contributed by atoms with Gasteiger partial charge in [0, 0.05) is 15.8 Å². The van der Waals surface area contributed by atoms with Crippen molar-refractivity contribution in [3.63, 3.8) is 0 Å². The molecule has 110 valence electrons. The predicted octanol–water partition coefficient (Wildman–Crippen LogP) is 3.69. The first-order valence-electron chi connectivity index (χ1n) is 7.24. The summed E-state index contributed by atoms with van der Waals surface area (Å²) in [4.78, 5) is 12.7. The van der Waals surface area contributed by atoms with E-state index in [-0.39, 0.29) is 11.3 Å². The molecular weight excluding hydrogens is 363 g/mol. The molecule has 0 heterocycles. The van der Waals surface area contributed by atoms with Crippen LogP contribution in [0.15, 0.2) is 18.2 Å². The van der Waals surface area contributed by atoms with E-state index in [1.807, 2.05) is 19.1 Å². The maximum atomic E-state index is 12.7. The number of rotatable bonds is 3. The monoisotopic (exact) mass is 386 g/mol. The van der Waals surface area contributed by atoms with Crippen LogP contribution < -0.4 is 11.1 Å². The summed E-state index contributed by atoms with van der Waals surface area (Å²) in [6, 6.07) is 6.07. The molecule has 1 saturated carbocycles. The fourth-order valence-electron chi connectivity index (χ4n) is 2.86. The zero-order chi connectivity index (χ0) is 14.8. The molecule has 0 aromatic heterocycles. The van der Waals surface area contributed by atoms with Crippen molar-refractivity contribution in [3.05, 3.63) is 27.3 Å². The van der Waals surface area contributed by atoms with Gasteiger partial charge in [-0.15, -0.1) is 0 Å². The highest BCUT2D eigenvalue weighted by Crippen LogP contribution is 2.39. The second-order valence-corrected chi connectivity index (χ2v) is 7.33. The van der Waals surface area contributed by atoms with Gasteiger partial charge in [-0.3, -0.25) is 4.79 Å². The van der Waals surface area contributed by atoms with E-state index in [0.717, 1.165) is 36.9 Å². The Morgan fingerprint density at radius 2 is 2.10 bits per heavy atom. The first-order chi connectivity index (χ1) is 9.47. The molecule has 0 radical (unpaired) electrons. The summed E-state index contributed by atoms with van der Waals surface area (Å²) in [5.74, 6) is 0.804. The molecule has 1 aromatic rings. The van der Waals surface area contributed by atoms with E-state index in [2.05, 4.69) is 40.9 Å². The van der Waals surface area contributed by atoms with Crippen LogP contribution in [-0.4, -0.2) is 12.5 Å². The number of hydrogen-bond donors (Lipinski definition) is 2. The number of amides is 1. The Hall–Kier alpha value is -0.620. The average Bonchev–Trinajstić information content (AvgIpc) is 2.43. The maximum absolute atomic E-state index is 12.7. The van der Waals surface area contributed by atoms with E-state index < -0.39 is 0 Å². The van der Waals surface area contributed by atoms with Gasteiger partial charge in [0.2, 0.25) is 5.91 Å². The van der Waals surface area contributed by atoms with Gasteiger partial charge < -0.3 is 11.1 Å². The first kappa shape index (κ1) is 15.8. The number of nitrogens with one attached hydrogen (secondary N) is 1. The van der Waals surface area contributed by atoms with Crippen molar-refractivity contribution < 1.29 is 4.79 Å². The van der Waals surface area contributed by atoms with Gasteiger partial charge in [0.25, 0.3) is 0 Å². The van der Waals surface area contributed by atoms with Gasteiger partial charge in [-0.25, -0.2) is 0 Å². The van der Waals surface area contributed by atoms with E-state index >= 15 is 0 Å². The van der Waals surface area contributed by atoms with Crippen LogP contribution in [0.4, 0.5) is 5.69 Å². The van der Waals surface area contributed by atoms with E-state index in [1.165, 1.54) is 3.57 Å². The number of nitrogens with two attached hydrogens (primary N) is 1. The number of carbonyl (C=O) groups excluding carboxylic acids is 1. The van der Waals surface area contributed by atoms with Crippen molar-refractivity contribution in [1.82, 2.24) is 0 Å². The van der Waals surface area contributed by atoms with Crippen molar-refractivity contribution in [2.45, 2.75) is 39.5 Å². The predicted molar refractivity (Wildman–Crippen MR) is 91.6 cm³/mol.